The van der Waals surface area contributed by atoms with Crippen LogP contribution in [0.2, 0.25) is 0 Å². The number of aromatic nitrogens is 2. The van der Waals surface area contributed by atoms with Crippen molar-refractivity contribution >= 4 is 0 Å². The summed E-state index contributed by atoms with van der Waals surface area (Å²) in [6.07, 6.45) is 3.56. The average Bonchev–Trinajstić information content (AvgIpc) is 2.83. The summed E-state index contributed by atoms with van der Waals surface area (Å²) in [5.41, 5.74) is -0.126. The van der Waals surface area contributed by atoms with E-state index in [2.05, 4.69) is 10.3 Å². The molecular formula is C10H15F2N3O. The zero-order chi connectivity index (χ0) is 11.6. The Labute approximate surface area is 92.6 Å². The molecule has 16 heavy (non-hydrogen) atoms. The fourth-order valence-electron chi connectivity index (χ4n) is 1.76. The van der Waals surface area contributed by atoms with Crippen LogP contribution in [0.5, 0.6) is 0 Å². The van der Waals surface area contributed by atoms with E-state index in [9.17, 15) is 8.78 Å². The fraction of sp³-hybridized carbons (Fsp3) is 0.700. The molecule has 90 valence electrons. The van der Waals surface area contributed by atoms with Gasteiger partial charge < -0.3 is 10.1 Å². The lowest BCUT2D eigenvalue weighted by Gasteiger charge is -2.23. The Balaban J connectivity index is 1.96. The largest absolute Gasteiger partial charge is 0.379 e. The highest BCUT2D eigenvalue weighted by Gasteiger charge is 2.29. The van der Waals surface area contributed by atoms with Crippen molar-refractivity contribution in [1.82, 2.24) is 14.9 Å². The first-order valence-corrected chi connectivity index (χ1v) is 5.23. The molecule has 1 saturated heterocycles. The standard InChI is InChI=1S/C10H15F2N3O/c1-10(2-5-16-7-10)14-6-8-13-3-4-15(8)9(11)12/h3-4,9,14H,2,5-7H2,1H3. The molecule has 6 heteroatoms. The van der Waals surface area contributed by atoms with Gasteiger partial charge in [0, 0.05) is 24.5 Å². The number of nitrogens with zero attached hydrogens (tertiary/aromatic N) is 2. The van der Waals surface area contributed by atoms with Gasteiger partial charge in [0.1, 0.15) is 5.82 Å². The molecule has 1 unspecified atom stereocenters. The van der Waals surface area contributed by atoms with Crippen molar-refractivity contribution in [2.45, 2.75) is 32.0 Å². The number of ether oxygens (including phenoxy) is 1. The van der Waals surface area contributed by atoms with Crippen LogP contribution >= 0.6 is 0 Å². The van der Waals surface area contributed by atoms with Crippen LogP contribution in [0, 0.1) is 0 Å². The predicted molar refractivity (Wildman–Crippen MR) is 54.2 cm³/mol. The van der Waals surface area contributed by atoms with Gasteiger partial charge in [0.2, 0.25) is 0 Å². The summed E-state index contributed by atoms with van der Waals surface area (Å²) < 4.78 is 31.2. The molecule has 0 aromatic carbocycles. The van der Waals surface area contributed by atoms with Crippen molar-refractivity contribution in [2.75, 3.05) is 13.2 Å². The molecule has 1 aromatic rings. The van der Waals surface area contributed by atoms with E-state index in [1.165, 1.54) is 12.4 Å². The highest BCUT2D eigenvalue weighted by atomic mass is 19.3. The molecule has 1 atom stereocenters. The van der Waals surface area contributed by atoms with Crippen molar-refractivity contribution < 1.29 is 13.5 Å². The van der Waals surface area contributed by atoms with Crippen LogP contribution in [0.4, 0.5) is 8.78 Å². The first-order valence-electron chi connectivity index (χ1n) is 5.23. The third-order valence-electron chi connectivity index (χ3n) is 2.85. The number of rotatable bonds is 4. The quantitative estimate of drug-likeness (QED) is 0.854. The van der Waals surface area contributed by atoms with Crippen LogP contribution in [0.15, 0.2) is 12.4 Å². The van der Waals surface area contributed by atoms with Crippen molar-refractivity contribution in [3.05, 3.63) is 18.2 Å². The Morgan fingerprint density at radius 1 is 1.69 bits per heavy atom. The van der Waals surface area contributed by atoms with Crippen molar-refractivity contribution in [3.63, 3.8) is 0 Å². The van der Waals surface area contributed by atoms with Crippen molar-refractivity contribution in [2.24, 2.45) is 0 Å². The van der Waals surface area contributed by atoms with E-state index in [1.54, 1.807) is 0 Å². The Morgan fingerprint density at radius 2 is 2.50 bits per heavy atom. The molecule has 0 aliphatic carbocycles. The highest BCUT2D eigenvalue weighted by molar-refractivity contribution is 4.95. The van der Waals surface area contributed by atoms with Gasteiger partial charge in [-0.2, -0.15) is 8.78 Å². The summed E-state index contributed by atoms with van der Waals surface area (Å²) in [5, 5.41) is 3.21. The summed E-state index contributed by atoms with van der Waals surface area (Å²) >= 11 is 0. The van der Waals surface area contributed by atoms with E-state index in [0.717, 1.165) is 11.0 Å². The van der Waals surface area contributed by atoms with E-state index >= 15 is 0 Å². The molecule has 0 bridgehead atoms. The van der Waals surface area contributed by atoms with Gasteiger partial charge in [-0.05, 0) is 13.3 Å². The lowest BCUT2D eigenvalue weighted by atomic mass is 10.0. The Bertz CT molecular complexity index is 348. The number of alkyl halides is 2. The minimum Gasteiger partial charge on any atom is -0.379 e. The average molecular weight is 231 g/mol. The minimum absolute atomic E-state index is 0.126. The summed E-state index contributed by atoms with van der Waals surface area (Å²) in [6, 6.07) is 0. The third-order valence-corrected chi connectivity index (χ3v) is 2.85. The van der Waals surface area contributed by atoms with E-state index in [4.69, 9.17) is 4.74 Å². The van der Waals surface area contributed by atoms with Crippen molar-refractivity contribution in [1.29, 1.82) is 0 Å². The zero-order valence-electron chi connectivity index (χ0n) is 9.12. The molecule has 1 aliphatic rings. The van der Waals surface area contributed by atoms with Gasteiger partial charge in [0.25, 0.3) is 0 Å². The van der Waals surface area contributed by atoms with E-state index in [0.29, 0.717) is 25.6 Å². The van der Waals surface area contributed by atoms with Crippen LogP contribution in [0.1, 0.15) is 25.7 Å². The molecule has 0 amide bonds. The summed E-state index contributed by atoms with van der Waals surface area (Å²) in [4.78, 5) is 3.91. The Hall–Kier alpha value is -1.01. The molecule has 2 heterocycles. The molecular weight excluding hydrogens is 216 g/mol. The van der Waals surface area contributed by atoms with Gasteiger partial charge in [-0.3, -0.25) is 4.57 Å². The lowest BCUT2D eigenvalue weighted by molar-refractivity contribution is 0.0660. The fourth-order valence-corrected chi connectivity index (χ4v) is 1.76. The first-order chi connectivity index (χ1) is 7.61. The Morgan fingerprint density at radius 3 is 3.12 bits per heavy atom. The van der Waals surface area contributed by atoms with Gasteiger partial charge in [0.05, 0.1) is 13.2 Å². The maximum Gasteiger partial charge on any atom is 0.319 e. The van der Waals surface area contributed by atoms with Crippen LogP contribution in [0.3, 0.4) is 0 Å². The van der Waals surface area contributed by atoms with E-state index in [1.807, 2.05) is 6.92 Å². The zero-order valence-corrected chi connectivity index (χ0v) is 9.12. The van der Waals surface area contributed by atoms with Crippen molar-refractivity contribution in [3.8, 4) is 0 Å². The van der Waals surface area contributed by atoms with Gasteiger partial charge in [0.15, 0.2) is 0 Å². The molecule has 0 saturated carbocycles. The van der Waals surface area contributed by atoms with Gasteiger partial charge in [-0.1, -0.05) is 0 Å². The molecule has 1 N–H and O–H groups in total. The first kappa shape index (κ1) is 11.5. The molecule has 0 radical (unpaired) electrons. The molecule has 4 nitrogen and oxygen atoms in total. The monoisotopic (exact) mass is 231 g/mol. The second-order valence-corrected chi connectivity index (χ2v) is 4.25. The number of hydrogen-bond donors (Lipinski definition) is 1. The molecule has 1 fully saturated rings. The maximum atomic E-state index is 12.5. The topological polar surface area (TPSA) is 39.1 Å². The van der Waals surface area contributed by atoms with E-state index < -0.39 is 6.55 Å². The molecule has 2 rings (SSSR count). The lowest BCUT2D eigenvalue weighted by Crippen LogP contribution is -2.42. The summed E-state index contributed by atoms with van der Waals surface area (Å²) in [6.45, 7) is 1.15. The highest BCUT2D eigenvalue weighted by Crippen LogP contribution is 2.19. The minimum atomic E-state index is -2.54. The van der Waals surface area contributed by atoms with Crippen LogP contribution in [0.25, 0.3) is 0 Å². The molecule has 0 spiro atoms. The SMILES string of the molecule is CC1(NCc2nccn2C(F)F)CCOC1. The Kier molecular flexibility index (Phi) is 3.20. The molecule has 1 aromatic heterocycles. The number of halogens is 2. The van der Waals surface area contributed by atoms with Gasteiger partial charge >= 0.3 is 6.55 Å². The second-order valence-electron chi connectivity index (χ2n) is 4.25. The number of imidazole rings is 1. The normalized spacial score (nSPS) is 25.5. The smallest absolute Gasteiger partial charge is 0.319 e. The van der Waals surface area contributed by atoms with Crippen LogP contribution in [-0.2, 0) is 11.3 Å². The molecule has 1 aliphatic heterocycles. The van der Waals surface area contributed by atoms with Gasteiger partial charge in [-0.25, -0.2) is 4.98 Å². The summed E-state index contributed by atoms with van der Waals surface area (Å²) in [5.74, 6) is 0.350. The number of hydrogen-bond acceptors (Lipinski definition) is 3. The van der Waals surface area contributed by atoms with Gasteiger partial charge in [-0.15, -0.1) is 0 Å². The maximum absolute atomic E-state index is 12.5. The van der Waals surface area contributed by atoms with E-state index in [-0.39, 0.29) is 5.54 Å². The predicted octanol–water partition coefficient (Wildman–Crippen LogP) is 1.55. The van der Waals surface area contributed by atoms with Crippen LogP contribution in [-0.4, -0.2) is 28.3 Å². The second kappa shape index (κ2) is 4.47. The summed E-state index contributed by atoms with van der Waals surface area (Å²) in [7, 11) is 0. The number of nitrogens with one attached hydrogen (secondary N) is 1. The van der Waals surface area contributed by atoms with Crippen LogP contribution < -0.4 is 5.32 Å². The third kappa shape index (κ3) is 2.38.